The largest absolute Gasteiger partial charge is 0.496 e. The van der Waals surface area contributed by atoms with Gasteiger partial charge in [-0.25, -0.2) is 0 Å². The first-order valence-corrected chi connectivity index (χ1v) is 7.18. The maximum Gasteiger partial charge on any atom is 0.310 e. The predicted molar refractivity (Wildman–Crippen MR) is 81.6 cm³/mol. The van der Waals surface area contributed by atoms with E-state index in [1.807, 2.05) is 0 Å². The van der Waals surface area contributed by atoms with Crippen LogP contribution in [0.3, 0.4) is 0 Å². The van der Waals surface area contributed by atoms with Crippen LogP contribution in [0.2, 0.25) is 0 Å². The molecule has 0 bridgehead atoms. The molecule has 0 spiro atoms. The second-order valence-corrected chi connectivity index (χ2v) is 5.21. The van der Waals surface area contributed by atoms with Crippen LogP contribution >= 0.6 is 0 Å². The Morgan fingerprint density at radius 1 is 1.13 bits per heavy atom. The Balaban J connectivity index is 2.26. The number of rotatable bonds is 6. The van der Waals surface area contributed by atoms with E-state index in [0.717, 1.165) is 5.56 Å². The molecule has 1 fully saturated rings. The van der Waals surface area contributed by atoms with Gasteiger partial charge in [-0.15, -0.1) is 0 Å². The number of likely N-dealkylation sites (tertiary alicyclic amines) is 1. The first kappa shape index (κ1) is 16.9. The van der Waals surface area contributed by atoms with Crippen LogP contribution in [0.15, 0.2) is 12.1 Å². The van der Waals surface area contributed by atoms with E-state index in [4.69, 9.17) is 18.9 Å². The summed E-state index contributed by atoms with van der Waals surface area (Å²) in [7, 11) is 5.96. The summed E-state index contributed by atoms with van der Waals surface area (Å²) in [5.74, 6) is 0.839. The first-order valence-electron chi connectivity index (χ1n) is 7.18. The molecule has 0 saturated carbocycles. The van der Waals surface area contributed by atoms with Crippen molar-refractivity contribution in [3.8, 4) is 17.2 Å². The van der Waals surface area contributed by atoms with Crippen LogP contribution in [0.5, 0.6) is 17.2 Å². The Hall–Kier alpha value is -2.44. The molecule has 7 nitrogen and oxygen atoms in total. The molecule has 23 heavy (non-hydrogen) atoms. The lowest BCUT2D eigenvalue weighted by Gasteiger charge is -2.21. The Morgan fingerprint density at radius 2 is 1.74 bits per heavy atom. The van der Waals surface area contributed by atoms with E-state index < -0.39 is 5.92 Å². The lowest BCUT2D eigenvalue weighted by Crippen LogP contribution is -2.26. The zero-order valence-electron chi connectivity index (χ0n) is 13.8. The van der Waals surface area contributed by atoms with Crippen molar-refractivity contribution in [2.75, 3.05) is 35.0 Å². The molecule has 0 radical (unpaired) electrons. The van der Waals surface area contributed by atoms with Crippen LogP contribution in [0.25, 0.3) is 0 Å². The zero-order chi connectivity index (χ0) is 17.0. The summed E-state index contributed by atoms with van der Waals surface area (Å²) < 4.78 is 20.7. The van der Waals surface area contributed by atoms with Crippen molar-refractivity contribution in [3.63, 3.8) is 0 Å². The van der Waals surface area contributed by atoms with Gasteiger partial charge in [0.1, 0.15) is 17.2 Å². The molecule has 126 valence electrons. The van der Waals surface area contributed by atoms with Gasteiger partial charge in [0, 0.05) is 25.1 Å². The molecule has 2 rings (SSSR count). The van der Waals surface area contributed by atoms with Crippen molar-refractivity contribution in [2.45, 2.75) is 13.0 Å². The number of methoxy groups -OCH3 is 4. The van der Waals surface area contributed by atoms with Gasteiger partial charge in [0.05, 0.1) is 46.5 Å². The van der Waals surface area contributed by atoms with Gasteiger partial charge in [-0.3, -0.25) is 9.59 Å². The Bertz CT molecular complexity index is 575. The second kappa shape index (κ2) is 7.21. The molecular weight excluding hydrogens is 302 g/mol. The third-order valence-electron chi connectivity index (χ3n) is 3.92. The maximum absolute atomic E-state index is 12.1. The highest BCUT2D eigenvalue weighted by molar-refractivity contribution is 5.86. The van der Waals surface area contributed by atoms with Crippen LogP contribution in [0.1, 0.15) is 12.0 Å². The maximum atomic E-state index is 12.1. The molecule has 1 aromatic carbocycles. The summed E-state index contributed by atoms with van der Waals surface area (Å²) in [4.78, 5) is 25.4. The van der Waals surface area contributed by atoms with Crippen LogP contribution < -0.4 is 14.2 Å². The summed E-state index contributed by atoms with van der Waals surface area (Å²) in [5.41, 5.74) is 0.731. The molecule has 1 amide bonds. The van der Waals surface area contributed by atoms with Gasteiger partial charge >= 0.3 is 5.97 Å². The average molecular weight is 323 g/mol. The molecule has 7 heteroatoms. The number of esters is 1. The van der Waals surface area contributed by atoms with Crippen molar-refractivity contribution < 1.29 is 28.5 Å². The lowest BCUT2D eigenvalue weighted by atomic mass is 10.1. The standard InChI is InChI=1S/C16H21NO6/c1-20-11-6-13(21-2)12(14(7-11)22-3)9-17-8-10(5-15(17)18)16(19)23-4/h6-7,10H,5,8-9H2,1-4H3. The molecule has 0 aromatic heterocycles. The van der Waals surface area contributed by atoms with Gasteiger partial charge in [0.15, 0.2) is 0 Å². The van der Waals surface area contributed by atoms with E-state index in [0.29, 0.717) is 30.3 Å². The monoisotopic (exact) mass is 323 g/mol. The molecule has 1 atom stereocenters. The summed E-state index contributed by atoms with van der Waals surface area (Å²) in [6, 6.07) is 3.46. The molecule has 1 aromatic rings. The van der Waals surface area contributed by atoms with E-state index in [2.05, 4.69) is 0 Å². The second-order valence-electron chi connectivity index (χ2n) is 5.21. The molecule has 1 heterocycles. The van der Waals surface area contributed by atoms with Crippen molar-refractivity contribution >= 4 is 11.9 Å². The lowest BCUT2D eigenvalue weighted by molar-refractivity contribution is -0.145. The molecule has 1 aliphatic rings. The Morgan fingerprint density at radius 3 is 2.22 bits per heavy atom. The molecule has 1 unspecified atom stereocenters. The van der Waals surface area contributed by atoms with Crippen LogP contribution in [-0.4, -0.2) is 51.8 Å². The van der Waals surface area contributed by atoms with Crippen LogP contribution in [-0.2, 0) is 20.9 Å². The van der Waals surface area contributed by atoms with Crippen molar-refractivity contribution in [3.05, 3.63) is 17.7 Å². The summed E-state index contributed by atoms with van der Waals surface area (Å²) in [6.45, 7) is 0.618. The third kappa shape index (κ3) is 3.49. The third-order valence-corrected chi connectivity index (χ3v) is 3.92. The van der Waals surface area contributed by atoms with E-state index in [-0.39, 0.29) is 18.3 Å². The number of hydrogen-bond acceptors (Lipinski definition) is 6. The number of amides is 1. The van der Waals surface area contributed by atoms with Gasteiger partial charge in [0.25, 0.3) is 0 Å². The molecule has 0 N–H and O–H groups in total. The molecule has 0 aliphatic carbocycles. The van der Waals surface area contributed by atoms with Crippen molar-refractivity contribution in [1.29, 1.82) is 0 Å². The van der Waals surface area contributed by atoms with Gasteiger partial charge in [-0.2, -0.15) is 0 Å². The highest BCUT2D eigenvalue weighted by Gasteiger charge is 2.35. The number of hydrogen-bond donors (Lipinski definition) is 0. The average Bonchev–Trinajstić information content (AvgIpc) is 2.94. The highest BCUT2D eigenvalue weighted by atomic mass is 16.5. The predicted octanol–water partition coefficient (Wildman–Crippen LogP) is 1.23. The number of carbonyl (C=O) groups excluding carboxylic acids is 2. The Labute approximate surface area is 135 Å². The Kier molecular flexibility index (Phi) is 5.31. The minimum atomic E-state index is -0.428. The van der Waals surface area contributed by atoms with Gasteiger partial charge in [-0.1, -0.05) is 0 Å². The molecule has 1 aliphatic heterocycles. The van der Waals surface area contributed by atoms with Gasteiger partial charge in [0.2, 0.25) is 5.91 Å². The van der Waals surface area contributed by atoms with Gasteiger partial charge in [-0.05, 0) is 0 Å². The van der Waals surface area contributed by atoms with E-state index in [9.17, 15) is 9.59 Å². The zero-order valence-corrected chi connectivity index (χ0v) is 13.8. The van der Waals surface area contributed by atoms with E-state index >= 15 is 0 Å². The normalized spacial score (nSPS) is 17.1. The van der Waals surface area contributed by atoms with Crippen LogP contribution in [0.4, 0.5) is 0 Å². The number of benzene rings is 1. The summed E-state index contributed by atoms with van der Waals surface area (Å²) >= 11 is 0. The van der Waals surface area contributed by atoms with Crippen molar-refractivity contribution in [1.82, 2.24) is 4.90 Å². The fourth-order valence-corrected chi connectivity index (χ4v) is 2.67. The van der Waals surface area contributed by atoms with E-state index in [1.165, 1.54) is 7.11 Å². The minimum Gasteiger partial charge on any atom is -0.496 e. The topological polar surface area (TPSA) is 74.3 Å². The number of nitrogens with zero attached hydrogens (tertiary/aromatic N) is 1. The smallest absolute Gasteiger partial charge is 0.310 e. The van der Waals surface area contributed by atoms with E-state index in [1.54, 1.807) is 38.4 Å². The molecule has 1 saturated heterocycles. The number of ether oxygens (including phenoxy) is 4. The molecular formula is C16H21NO6. The fourth-order valence-electron chi connectivity index (χ4n) is 2.67. The number of carbonyl (C=O) groups is 2. The van der Waals surface area contributed by atoms with Crippen LogP contribution in [0, 0.1) is 5.92 Å². The summed E-state index contributed by atoms with van der Waals surface area (Å²) in [6.07, 6.45) is 0.160. The minimum absolute atomic E-state index is 0.0969. The fraction of sp³-hybridized carbons (Fsp3) is 0.500. The first-order chi connectivity index (χ1) is 11.0. The highest BCUT2D eigenvalue weighted by Crippen LogP contribution is 2.36. The summed E-state index contributed by atoms with van der Waals surface area (Å²) in [5, 5.41) is 0. The van der Waals surface area contributed by atoms with Gasteiger partial charge < -0.3 is 23.8 Å². The quantitative estimate of drug-likeness (QED) is 0.733. The SMILES string of the molecule is COC(=O)C1CC(=O)N(Cc2c(OC)cc(OC)cc2OC)C1. The van der Waals surface area contributed by atoms with Crippen molar-refractivity contribution in [2.24, 2.45) is 5.92 Å².